The first-order chi connectivity index (χ1) is 5.65. The molecular formula is C7H4ClF2NO. The molecule has 2 nitrogen and oxygen atoms in total. The highest BCUT2D eigenvalue weighted by atomic mass is 35.5. The number of halogens is 3. The molecule has 0 aliphatic heterocycles. The van der Waals surface area contributed by atoms with Crippen molar-refractivity contribution in [2.45, 2.75) is 6.43 Å². The smallest absolute Gasteiger partial charge is 0.265 e. The number of hydrogen-bond acceptors (Lipinski definition) is 2. The fourth-order valence-electron chi connectivity index (χ4n) is 0.684. The summed E-state index contributed by atoms with van der Waals surface area (Å²) < 4.78 is 24.0. The van der Waals surface area contributed by atoms with Crippen molar-refractivity contribution < 1.29 is 13.6 Å². The number of rotatable bonds is 2. The Morgan fingerprint density at radius 2 is 2.25 bits per heavy atom. The summed E-state index contributed by atoms with van der Waals surface area (Å²) in [5.41, 5.74) is -0.323. The third kappa shape index (κ3) is 1.76. The van der Waals surface area contributed by atoms with E-state index >= 15 is 0 Å². The molecule has 0 radical (unpaired) electrons. The Morgan fingerprint density at radius 3 is 2.75 bits per heavy atom. The first-order valence-electron chi connectivity index (χ1n) is 3.04. The largest absolute Gasteiger partial charge is 0.298 e. The summed E-state index contributed by atoms with van der Waals surface area (Å²) in [4.78, 5) is 13.7. The van der Waals surface area contributed by atoms with Crippen molar-refractivity contribution >= 4 is 17.9 Å². The van der Waals surface area contributed by atoms with Crippen molar-refractivity contribution in [3.05, 3.63) is 28.5 Å². The van der Waals surface area contributed by atoms with Gasteiger partial charge in [-0.15, -0.1) is 0 Å². The van der Waals surface area contributed by atoms with Gasteiger partial charge in [0.05, 0.1) is 5.56 Å². The maximum absolute atomic E-state index is 12.0. The molecule has 0 spiro atoms. The maximum atomic E-state index is 12.0. The lowest BCUT2D eigenvalue weighted by molar-refractivity contribution is 0.112. The van der Waals surface area contributed by atoms with Gasteiger partial charge in [-0.05, 0) is 6.07 Å². The summed E-state index contributed by atoms with van der Waals surface area (Å²) in [6.45, 7) is 0. The molecule has 1 heterocycles. The molecule has 0 N–H and O–H groups in total. The lowest BCUT2D eigenvalue weighted by Crippen LogP contribution is -1.91. The number of nitrogens with zero attached hydrogens (tertiary/aromatic N) is 1. The van der Waals surface area contributed by atoms with Gasteiger partial charge in [0.15, 0.2) is 6.29 Å². The van der Waals surface area contributed by atoms with Crippen molar-refractivity contribution in [1.29, 1.82) is 0 Å². The number of carbonyl (C=O) groups is 1. The van der Waals surface area contributed by atoms with Crippen LogP contribution in [0.3, 0.4) is 0 Å². The van der Waals surface area contributed by atoms with Crippen LogP contribution in [-0.2, 0) is 0 Å². The molecule has 12 heavy (non-hydrogen) atoms. The predicted molar refractivity (Wildman–Crippen MR) is 39.6 cm³/mol. The molecule has 1 aromatic heterocycles. The molecule has 64 valence electrons. The van der Waals surface area contributed by atoms with Crippen LogP contribution in [0.1, 0.15) is 22.3 Å². The average Bonchev–Trinajstić information content (AvgIpc) is 2.05. The van der Waals surface area contributed by atoms with Gasteiger partial charge in [-0.2, -0.15) is 0 Å². The second kappa shape index (κ2) is 3.58. The van der Waals surface area contributed by atoms with Gasteiger partial charge in [-0.25, -0.2) is 13.8 Å². The Bertz CT molecular complexity index is 303. The van der Waals surface area contributed by atoms with Gasteiger partial charge in [0.2, 0.25) is 0 Å². The van der Waals surface area contributed by atoms with Crippen LogP contribution in [0.25, 0.3) is 0 Å². The Labute approximate surface area is 72.2 Å². The maximum Gasteiger partial charge on any atom is 0.265 e. The fraction of sp³-hybridized carbons (Fsp3) is 0.143. The van der Waals surface area contributed by atoms with Crippen molar-refractivity contribution in [2.75, 3.05) is 0 Å². The molecule has 0 saturated heterocycles. The van der Waals surface area contributed by atoms with Crippen LogP contribution >= 0.6 is 11.6 Å². The van der Waals surface area contributed by atoms with Crippen LogP contribution < -0.4 is 0 Å². The summed E-state index contributed by atoms with van der Waals surface area (Å²) in [6, 6.07) is 1.02. The van der Waals surface area contributed by atoms with E-state index in [0.29, 0.717) is 6.29 Å². The number of hydrogen-bond donors (Lipinski definition) is 0. The van der Waals surface area contributed by atoms with E-state index < -0.39 is 6.43 Å². The second-order valence-electron chi connectivity index (χ2n) is 2.07. The van der Waals surface area contributed by atoms with Crippen molar-refractivity contribution in [3.8, 4) is 0 Å². The van der Waals surface area contributed by atoms with E-state index in [2.05, 4.69) is 4.98 Å². The second-order valence-corrected chi connectivity index (χ2v) is 2.43. The SMILES string of the molecule is O=Cc1cc(C(F)F)cnc1Cl. The van der Waals surface area contributed by atoms with Crippen LogP contribution in [0.15, 0.2) is 12.3 Å². The van der Waals surface area contributed by atoms with Gasteiger partial charge in [0, 0.05) is 11.8 Å². The van der Waals surface area contributed by atoms with Gasteiger partial charge in [-0.1, -0.05) is 11.6 Å². The number of aromatic nitrogens is 1. The molecule has 0 aliphatic carbocycles. The van der Waals surface area contributed by atoms with Crippen LogP contribution in [0.4, 0.5) is 8.78 Å². The average molecular weight is 192 g/mol. The van der Waals surface area contributed by atoms with E-state index in [4.69, 9.17) is 11.6 Å². The summed E-state index contributed by atoms with van der Waals surface area (Å²) in [5.74, 6) is 0. The molecule has 1 aromatic rings. The molecule has 0 atom stereocenters. The number of pyridine rings is 1. The van der Waals surface area contributed by atoms with E-state index in [9.17, 15) is 13.6 Å². The van der Waals surface area contributed by atoms with Crippen molar-refractivity contribution in [2.24, 2.45) is 0 Å². The Kier molecular flexibility index (Phi) is 2.70. The van der Waals surface area contributed by atoms with Gasteiger partial charge in [0.1, 0.15) is 5.15 Å². The molecule has 5 heteroatoms. The number of alkyl halides is 2. The quantitative estimate of drug-likeness (QED) is 0.531. The van der Waals surface area contributed by atoms with Crippen LogP contribution in [0, 0.1) is 0 Å². The third-order valence-corrected chi connectivity index (χ3v) is 1.58. The molecule has 0 fully saturated rings. The van der Waals surface area contributed by atoms with Crippen LogP contribution in [-0.4, -0.2) is 11.3 Å². The first kappa shape index (κ1) is 9.06. The number of carbonyl (C=O) groups excluding carboxylic acids is 1. The monoisotopic (exact) mass is 191 g/mol. The molecule has 0 bridgehead atoms. The highest BCUT2D eigenvalue weighted by Crippen LogP contribution is 2.21. The summed E-state index contributed by atoms with van der Waals surface area (Å²) in [6.07, 6.45) is -1.30. The Balaban J connectivity index is 3.13. The summed E-state index contributed by atoms with van der Waals surface area (Å²) in [5, 5.41) is -0.0607. The van der Waals surface area contributed by atoms with E-state index in [0.717, 1.165) is 12.3 Å². The predicted octanol–water partition coefficient (Wildman–Crippen LogP) is 2.49. The minimum Gasteiger partial charge on any atom is -0.298 e. The lowest BCUT2D eigenvalue weighted by Gasteiger charge is -1.99. The fourth-order valence-corrected chi connectivity index (χ4v) is 0.832. The zero-order valence-corrected chi connectivity index (χ0v) is 6.55. The minimum absolute atomic E-state index is 0.0190. The van der Waals surface area contributed by atoms with Gasteiger partial charge in [-0.3, -0.25) is 4.79 Å². The normalized spacial score (nSPS) is 10.3. The molecule has 0 aliphatic rings. The minimum atomic E-state index is -2.63. The van der Waals surface area contributed by atoms with E-state index in [-0.39, 0.29) is 16.3 Å². The van der Waals surface area contributed by atoms with Crippen molar-refractivity contribution in [3.63, 3.8) is 0 Å². The Morgan fingerprint density at radius 1 is 1.58 bits per heavy atom. The molecular weight excluding hydrogens is 188 g/mol. The van der Waals surface area contributed by atoms with Crippen LogP contribution in [0.2, 0.25) is 5.15 Å². The standard InChI is InChI=1S/C7H4ClF2NO/c8-6-5(3-12)1-4(2-11-6)7(9)10/h1-3,7H. The molecule has 0 aromatic carbocycles. The molecule has 0 unspecified atom stereocenters. The zero-order valence-electron chi connectivity index (χ0n) is 5.80. The highest BCUT2D eigenvalue weighted by molar-refractivity contribution is 6.31. The topological polar surface area (TPSA) is 30.0 Å². The zero-order chi connectivity index (χ0) is 9.14. The van der Waals surface area contributed by atoms with Gasteiger partial charge in [0.25, 0.3) is 6.43 Å². The van der Waals surface area contributed by atoms with Crippen LogP contribution in [0.5, 0.6) is 0 Å². The highest BCUT2D eigenvalue weighted by Gasteiger charge is 2.10. The molecule has 0 saturated carbocycles. The van der Waals surface area contributed by atoms with E-state index in [1.807, 2.05) is 0 Å². The van der Waals surface area contributed by atoms with Gasteiger partial charge >= 0.3 is 0 Å². The van der Waals surface area contributed by atoms with E-state index in [1.54, 1.807) is 0 Å². The number of aldehydes is 1. The molecule has 1 rings (SSSR count). The Hall–Kier alpha value is -1.03. The third-order valence-electron chi connectivity index (χ3n) is 1.27. The summed E-state index contributed by atoms with van der Waals surface area (Å²) >= 11 is 5.41. The summed E-state index contributed by atoms with van der Waals surface area (Å²) in [7, 11) is 0. The molecule has 0 amide bonds. The first-order valence-corrected chi connectivity index (χ1v) is 3.41. The van der Waals surface area contributed by atoms with E-state index in [1.165, 1.54) is 0 Å². The lowest BCUT2D eigenvalue weighted by atomic mass is 10.2. The van der Waals surface area contributed by atoms with Crippen molar-refractivity contribution in [1.82, 2.24) is 4.98 Å². The van der Waals surface area contributed by atoms with Gasteiger partial charge < -0.3 is 0 Å².